The fourth-order valence-corrected chi connectivity index (χ4v) is 0. The Bertz CT molecular complexity index is 20.9. The Labute approximate surface area is 33.3 Å². The van der Waals surface area contributed by atoms with Gasteiger partial charge in [-0.05, 0) is 0 Å². The van der Waals surface area contributed by atoms with Crippen molar-refractivity contribution in [2.45, 2.75) is 0 Å². The molecular formula is HNO3S. The van der Waals surface area contributed by atoms with Gasteiger partial charge in [-0.15, -0.1) is 4.91 Å². The maximum absolute atomic E-state index is 8.11. The quantitative estimate of drug-likeness (QED) is 0.334. The van der Waals surface area contributed by atoms with Crippen molar-refractivity contribution >= 4 is 12.5 Å². The Kier molecular flexibility index (Phi) is 200. The first-order chi connectivity index (χ1) is 2.41. The normalized spacial score (nSPS) is 3.20. The number of nitrogens with zero attached hydrogens (tertiary/aromatic N) is 1. The molecule has 30 valence electrons. The van der Waals surface area contributed by atoms with Crippen LogP contribution in [0.4, 0.5) is 0 Å². The van der Waals surface area contributed by atoms with Crippen LogP contribution in [0, 0.1) is 4.91 Å². The topological polar surface area (TPSA) is 66.7 Å². The highest BCUT2D eigenvalue weighted by Crippen LogP contribution is 1.25. The van der Waals surface area contributed by atoms with E-state index in [-0.39, 0.29) is 0 Å². The second kappa shape index (κ2) is 114. The molecular weight excluding hydrogens is 94.1 g/mol. The zero-order valence-corrected chi connectivity index (χ0v) is 2.94. The summed E-state index contributed by atoms with van der Waals surface area (Å²) in [7, 11) is 0. The van der Waals surface area contributed by atoms with Crippen LogP contribution in [0.5, 0.6) is 0 Å². The van der Waals surface area contributed by atoms with Crippen LogP contribution < -0.4 is 0 Å². The summed E-state index contributed by atoms with van der Waals surface area (Å²) in [6, 6.07) is 0. The molecule has 0 aromatic rings. The third-order valence-corrected chi connectivity index (χ3v) is 0. The number of hydrogen-bond acceptors (Lipinski definition) is 4. The molecule has 0 saturated heterocycles. The average Bonchev–Trinajstić information content (AvgIpc) is 1.46. The molecule has 0 aromatic carbocycles. The van der Waals surface area contributed by atoms with Gasteiger partial charge in [-0.3, -0.25) is 0 Å². The second-order valence-corrected chi connectivity index (χ2v) is 0.0816. The predicted octanol–water partition coefficient (Wildman–Crippen LogP) is -0.194. The van der Waals surface area contributed by atoms with Gasteiger partial charge in [0.25, 0.3) is 0 Å². The van der Waals surface area contributed by atoms with Crippen LogP contribution in [-0.4, -0.2) is 9.42 Å². The van der Waals surface area contributed by atoms with Crippen LogP contribution in [0.15, 0.2) is 5.34 Å². The van der Waals surface area contributed by atoms with Gasteiger partial charge in [0.05, 0.1) is 0 Å². The van der Waals surface area contributed by atoms with Crippen LogP contribution in [0.25, 0.3) is 0 Å². The highest BCUT2D eigenvalue weighted by Gasteiger charge is 1.18. The minimum Gasteiger partial charge on any atom is -0.379 e. The molecule has 0 aliphatic heterocycles. The molecule has 5 heavy (non-hydrogen) atoms. The third kappa shape index (κ3) is 20.5. The monoisotopic (exact) mass is 95.0 g/mol. The minimum atomic E-state index is 1.25. The minimum absolute atomic E-state index is 1.25. The summed E-state index contributed by atoms with van der Waals surface area (Å²) in [6.07, 6.45) is 0. The molecule has 0 unspecified atom stereocenters. The van der Waals surface area contributed by atoms with Crippen LogP contribution in [0.1, 0.15) is 0 Å². The SMILES string of the molecule is O=NO.O=S. The molecule has 0 radical (unpaired) electrons. The molecule has 0 atom stereocenters. The van der Waals surface area contributed by atoms with E-state index in [2.05, 4.69) is 12.5 Å². The van der Waals surface area contributed by atoms with E-state index in [1.54, 1.807) is 0 Å². The first kappa shape index (κ1) is 8.83. The van der Waals surface area contributed by atoms with E-state index in [0.717, 1.165) is 0 Å². The molecule has 0 aliphatic carbocycles. The Hall–Kier alpha value is -0.580. The van der Waals surface area contributed by atoms with Crippen molar-refractivity contribution in [2.24, 2.45) is 5.34 Å². The van der Waals surface area contributed by atoms with E-state index >= 15 is 0 Å². The summed E-state index contributed by atoms with van der Waals surface area (Å²) < 4.78 is 7.83. The standard InChI is InChI=1S/HNO2.OS/c2-1-3;1-2/h(H,2,3);. The molecule has 0 bridgehead atoms. The van der Waals surface area contributed by atoms with Crippen LogP contribution >= 0.6 is 0 Å². The molecule has 0 saturated carbocycles. The second-order valence-electron chi connectivity index (χ2n) is 0.0816. The van der Waals surface area contributed by atoms with Crippen molar-refractivity contribution in [3.8, 4) is 0 Å². The van der Waals surface area contributed by atoms with Gasteiger partial charge in [-0.25, -0.2) is 0 Å². The number of rotatable bonds is 0. The van der Waals surface area contributed by atoms with Gasteiger partial charge in [0, 0.05) is 0 Å². The van der Waals surface area contributed by atoms with E-state index in [0.29, 0.717) is 0 Å². The highest BCUT2D eigenvalue weighted by molar-refractivity contribution is 7.44. The van der Waals surface area contributed by atoms with Gasteiger partial charge >= 0.3 is 0 Å². The van der Waals surface area contributed by atoms with Crippen molar-refractivity contribution in [1.82, 2.24) is 0 Å². The Morgan fingerprint density at radius 2 is 1.60 bits per heavy atom. The van der Waals surface area contributed by atoms with Gasteiger partial charge in [0.1, 0.15) is 0 Å². The Morgan fingerprint density at radius 3 is 1.60 bits per heavy atom. The van der Waals surface area contributed by atoms with Crippen molar-refractivity contribution in [1.29, 1.82) is 0 Å². The van der Waals surface area contributed by atoms with Gasteiger partial charge in [-0.1, -0.05) is 0 Å². The lowest BCUT2D eigenvalue weighted by Gasteiger charge is -1.32. The Balaban J connectivity index is 0. The maximum Gasteiger partial charge on any atom is 0.197 e. The summed E-state index contributed by atoms with van der Waals surface area (Å²) in [5, 5.41) is 7.89. The maximum atomic E-state index is 8.11. The summed E-state index contributed by atoms with van der Waals surface area (Å²) in [5.74, 6) is 0. The smallest absolute Gasteiger partial charge is 0.197 e. The third-order valence-electron chi connectivity index (χ3n) is 0. The molecule has 0 aliphatic rings. The van der Waals surface area contributed by atoms with Crippen molar-refractivity contribution in [2.75, 3.05) is 0 Å². The van der Waals surface area contributed by atoms with Crippen molar-refractivity contribution < 1.29 is 9.42 Å². The molecule has 0 heterocycles. The van der Waals surface area contributed by atoms with Crippen LogP contribution in [0.2, 0.25) is 0 Å². The summed E-state index contributed by atoms with van der Waals surface area (Å²) >= 11 is 2.83. The lowest BCUT2D eigenvalue weighted by atomic mass is 13.4. The van der Waals surface area contributed by atoms with Crippen LogP contribution in [-0.2, 0) is 12.5 Å². The van der Waals surface area contributed by atoms with Gasteiger partial charge < -0.3 is 5.21 Å². The first-order valence-corrected chi connectivity index (χ1v) is 0.883. The van der Waals surface area contributed by atoms with E-state index in [1.165, 1.54) is 5.34 Å². The Morgan fingerprint density at radius 1 is 1.60 bits per heavy atom. The predicted molar refractivity (Wildman–Crippen MR) is 15.7 cm³/mol. The first-order valence-electron chi connectivity index (χ1n) is 0.549. The van der Waals surface area contributed by atoms with E-state index in [1.807, 2.05) is 0 Å². The fraction of sp³-hybridized carbons (Fsp3) is 0. The summed E-state index contributed by atoms with van der Waals surface area (Å²) in [5.41, 5.74) is 0. The van der Waals surface area contributed by atoms with Crippen LogP contribution in [0.3, 0.4) is 0 Å². The molecule has 0 amide bonds. The lowest BCUT2D eigenvalue weighted by Crippen LogP contribution is -1.25. The average molecular weight is 95.1 g/mol. The molecule has 0 rings (SSSR count). The molecule has 4 nitrogen and oxygen atoms in total. The molecule has 0 spiro atoms. The van der Waals surface area contributed by atoms with E-state index in [4.69, 9.17) is 14.3 Å². The molecule has 0 fully saturated rings. The molecule has 5 heteroatoms. The van der Waals surface area contributed by atoms with E-state index in [9.17, 15) is 0 Å². The number of hydrogen-bond donors (Lipinski definition) is 1. The van der Waals surface area contributed by atoms with Crippen molar-refractivity contribution in [3.05, 3.63) is 4.91 Å². The van der Waals surface area contributed by atoms with Crippen molar-refractivity contribution in [3.63, 3.8) is 0 Å². The van der Waals surface area contributed by atoms with E-state index < -0.39 is 0 Å². The van der Waals surface area contributed by atoms with Gasteiger partial charge in [0.2, 0.25) is 0 Å². The zero-order chi connectivity index (χ0) is 4.71. The fourth-order valence-electron chi connectivity index (χ4n) is 0. The molecule has 0 aromatic heterocycles. The highest BCUT2D eigenvalue weighted by atomic mass is 32.1. The molecule has 1 N–H and O–H groups in total. The van der Waals surface area contributed by atoms with Gasteiger partial charge in [0.15, 0.2) is 17.9 Å². The largest absolute Gasteiger partial charge is 0.379 e. The summed E-state index contributed by atoms with van der Waals surface area (Å²) in [4.78, 5) is 8.11. The van der Waals surface area contributed by atoms with Gasteiger partial charge in [-0.2, -0.15) is 4.21 Å². The summed E-state index contributed by atoms with van der Waals surface area (Å²) in [6.45, 7) is 0. The zero-order valence-electron chi connectivity index (χ0n) is 2.12. The lowest BCUT2D eigenvalue weighted by molar-refractivity contribution is 0.312.